The molecule has 1 N–H and O–H groups in total. The molecule has 0 saturated heterocycles. The van der Waals surface area contributed by atoms with E-state index in [1.54, 1.807) is 18.2 Å². The van der Waals surface area contributed by atoms with Gasteiger partial charge >= 0.3 is 0 Å². The summed E-state index contributed by atoms with van der Waals surface area (Å²) in [7, 11) is 0. The Hall–Kier alpha value is -0.770. The second kappa shape index (κ2) is 5.91. The van der Waals surface area contributed by atoms with Crippen molar-refractivity contribution in [2.24, 2.45) is 0 Å². The summed E-state index contributed by atoms with van der Waals surface area (Å²) in [5.74, 6) is -0.329. The minimum Gasteiger partial charge on any atom is -0.379 e. The Balaban J connectivity index is 2.13. The van der Waals surface area contributed by atoms with Crippen LogP contribution in [0, 0.1) is 5.82 Å². The fourth-order valence-corrected chi connectivity index (χ4v) is 2.48. The van der Waals surface area contributed by atoms with E-state index >= 15 is 0 Å². The second-order valence-corrected chi connectivity index (χ2v) is 5.44. The summed E-state index contributed by atoms with van der Waals surface area (Å²) in [5.41, 5.74) is 1.36. The quantitative estimate of drug-likeness (QED) is 0.771. The fraction of sp³-hybridized carbons (Fsp3) is 0.0769. The average Bonchev–Trinajstić information content (AvgIpc) is 2.32. The SMILES string of the molecule is Fc1ccc(Cl)cc1NCc1ccc(Cl)cc1Br. The Morgan fingerprint density at radius 3 is 2.44 bits per heavy atom. The minimum absolute atomic E-state index is 0.329. The molecule has 0 radical (unpaired) electrons. The smallest absolute Gasteiger partial charge is 0.146 e. The highest BCUT2D eigenvalue weighted by molar-refractivity contribution is 9.10. The van der Waals surface area contributed by atoms with Crippen LogP contribution >= 0.6 is 39.1 Å². The molecule has 0 aliphatic rings. The molecule has 0 saturated carbocycles. The van der Waals surface area contributed by atoms with E-state index in [-0.39, 0.29) is 5.82 Å². The average molecular weight is 349 g/mol. The maximum absolute atomic E-state index is 13.5. The molecule has 0 aliphatic carbocycles. The summed E-state index contributed by atoms with van der Waals surface area (Å²) in [4.78, 5) is 0. The summed E-state index contributed by atoms with van der Waals surface area (Å²) in [5, 5.41) is 4.14. The van der Waals surface area contributed by atoms with Crippen LogP contribution in [-0.4, -0.2) is 0 Å². The Morgan fingerprint density at radius 2 is 1.72 bits per heavy atom. The second-order valence-electron chi connectivity index (χ2n) is 3.71. The first-order valence-electron chi connectivity index (χ1n) is 5.19. The molecule has 2 aromatic carbocycles. The highest BCUT2D eigenvalue weighted by Gasteiger charge is 2.05. The molecule has 0 aliphatic heterocycles. The van der Waals surface area contributed by atoms with Gasteiger partial charge in [-0.15, -0.1) is 0 Å². The molecular weight excluding hydrogens is 340 g/mol. The van der Waals surface area contributed by atoms with Gasteiger partial charge in [-0.1, -0.05) is 45.2 Å². The zero-order valence-corrected chi connectivity index (χ0v) is 12.3. The van der Waals surface area contributed by atoms with Crippen LogP contribution in [0.2, 0.25) is 10.0 Å². The van der Waals surface area contributed by atoms with Gasteiger partial charge in [-0.25, -0.2) is 4.39 Å². The Bertz CT molecular complexity index is 575. The maximum Gasteiger partial charge on any atom is 0.146 e. The molecule has 0 aromatic heterocycles. The van der Waals surface area contributed by atoms with E-state index in [2.05, 4.69) is 21.2 Å². The van der Waals surface area contributed by atoms with Gasteiger partial charge in [-0.05, 0) is 35.9 Å². The minimum atomic E-state index is -0.329. The van der Waals surface area contributed by atoms with Gasteiger partial charge < -0.3 is 5.32 Å². The molecule has 0 unspecified atom stereocenters. The number of nitrogens with one attached hydrogen (secondary N) is 1. The van der Waals surface area contributed by atoms with Crippen molar-refractivity contribution in [3.63, 3.8) is 0 Å². The van der Waals surface area contributed by atoms with Gasteiger partial charge in [-0.2, -0.15) is 0 Å². The number of hydrogen-bond donors (Lipinski definition) is 1. The first-order valence-corrected chi connectivity index (χ1v) is 6.74. The summed E-state index contributed by atoms with van der Waals surface area (Å²) in [6, 6.07) is 9.87. The van der Waals surface area contributed by atoms with Crippen LogP contribution in [0.15, 0.2) is 40.9 Å². The number of hydrogen-bond acceptors (Lipinski definition) is 1. The first-order chi connectivity index (χ1) is 8.56. The third kappa shape index (κ3) is 3.37. The van der Waals surface area contributed by atoms with Gasteiger partial charge in [-0.3, -0.25) is 0 Å². The summed E-state index contributed by atoms with van der Waals surface area (Å²) in [6.45, 7) is 0.481. The summed E-state index contributed by atoms with van der Waals surface area (Å²) >= 11 is 15.1. The van der Waals surface area contributed by atoms with Crippen LogP contribution in [0.3, 0.4) is 0 Å². The molecule has 18 heavy (non-hydrogen) atoms. The Kier molecular flexibility index (Phi) is 4.49. The van der Waals surface area contributed by atoms with Crippen molar-refractivity contribution >= 4 is 44.8 Å². The van der Waals surface area contributed by atoms with E-state index in [1.165, 1.54) is 12.1 Å². The zero-order valence-electron chi connectivity index (χ0n) is 9.18. The third-order valence-corrected chi connectivity index (χ3v) is 3.62. The van der Waals surface area contributed by atoms with Gasteiger partial charge in [0.2, 0.25) is 0 Å². The van der Waals surface area contributed by atoms with Gasteiger partial charge in [0.1, 0.15) is 5.82 Å². The van der Waals surface area contributed by atoms with Crippen LogP contribution < -0.4 is 5.32 Å². The van der Waals surface area contributed by atoms with Gasteiger partial charge in [0.15, 0.2) is 0 Å². The molecule has 0 atom stereocenters. The van der Waals surface area contributed by atoms with Crippen molar-refractivity contribution in [2.45, 2.75) is 6.54 Å². The van der Waals surface area contributed by atoms with Crippen LogP contribution in [-0.2, 0) is 6.54 Å². The van der Waals surface area contributed by atoms with Crippen molar-refractivity contribution in [3.05, 3.63) is 62.3 Å². The van der Waals surface area contributed by atoms with E-state index in [0.717, 1.165) is 10.0 Å². The predicted molar refractivity (Wildman–Crippen MR) is 77.9 cm³/mol. The standard InChI is InChI=1S/C13H9BrCl2FN/c14-11-5-9(15)2-1-8(11)7-18-13-6-10(16)3-4-12(13)17/h1-6,18H,7H2. The Labute approximate surface area is 123 Å². The summed E-state index contributed by atoms with van der Waals surface area (Å²) in [6.07, 6.45) is 0. The molecule has 1 nitrogen and oxygen atoms in total. The van der Waals surface area contributed by atoms with Crippen molar-refractivity contribution < 1.29 is 4.39 Å². The van der Waals surface area contributed by atoms with Crippen molar-refractivity contribution in [3.8, 4) is 0 Å². The first kappa shape index (κ1) is 13.7. The largest absolute Gasteiger partial charge is 0.379 e. The number of halogens is 4. The molecule has 94 valence electrons. The monoisotopic (exact) mass is 347 g/mol. The van der Waals surface area contributed by atoms with Crippen molar-refractivity contribution in [1.29, 1.82) is 0 Å². The van der Waals surface area contributed by atoms with Crippen LogP contribution in [0.5, 0.6) is 0 Å². The van der Waals surface area contributed by atoms with E-state index in [0.29, 0.717) is 22.3 Å². The van der Waals surface area contributed by atoms with Crippen molar-refractivity contribution in [2.75, 3.05) is 5.32 Å². The van der Waals surface area contributed by atoms with Gasteiger partial charge in [0.25, 0.3) is 0 Å². The molecule has 2 rings (SSSR count). The van der Waals surface area contributed by atoms with Crippen LogP contribution in [0.25, 0.3) is 0 Å². The molecule has 2 aromatic rings. The number of rotatable bonds is 3. The maximum atomic E-state index is 13.5. The number of benzene rings is 2. The van der Waals surface area contributed by atoms with Crippen LogP contribution in [0.1, 0.15) is 5.56 Å². The van der Waals surface area contributed by atoms with Crippen LogP contribution in [0.4, 0.5) is 10.1 Å². The van der Waals surface area contributed by atoms with E-state index < -0.39 is 0 Å². The lowest BCUT2D eigenvalue weighted by molar-refractivity contribution is 0.630. The molecular formula is C13H9BrCl2FN. The van der Waals surface area contributed by atoms with E-state index in [1.807, 2.05) is 6.07 Å². The molecule has 0 bridgehead atoms. The topological polar surface area (TPSA) is 12.0 Å². The highest BCUT2D eigenvalue weighted by atomic mass is 79.9. The molecule has 0 fully saturated rings. The number of anilines is 1. The van der Waals surface area contributed by atoms with Gasteiger partial charge in [0, 0.05) is 21.1 Å². The molecule has 5 heteroatoms. The molecule has 0 heterocycles. The summed E-state index contributed by atoms with van der Waals surface area (Å²) < 4.78 is 14.4. The molecule has 0 amide bonds. The Morgan fingerprint density at radius 1 is 1.06 bits per heavy atom. The highest BCUT2D eigenvalue weighted by Crippen LogP contribution is 2.24. The lowest BCUT2D eigenvalue weighted by Gasteiger charge is -2.09. The predicted octanol–water partition coefficient (Wildman–Crippen LogP) is 5.51. The van der Waals surface area contributed by atoms with E-state index in [4.69, 9.17) is 23.2 Å². The van der Waals surface area contributed by atoms with E-state index in [9.17, 15) is 4.39 Å². The lowest BCUT2D eigenvalue weighted by atomic mass is 10.2. The normalized spacial score (nSPS) is 10.4. The fourth-order valence-electron chi connectivity index (χ4n) is 1.49. The molecule has 0 spiro atoms. The third-order valence-electron chi connectivity index (χ3n) is 2.41. The van der Waals surface area contributed by atoms with Crippen molar-refractivity contribution in [1.82, 2.24) is 0 Å². The lowest BCUT2D eigenvalue weighted by Crippen LogP contribution is -2.02. The van der Waals surface area contributed by atoms with Gasteiger partial charge in [0.05, 0.1) is 5.69 Å². The zero-order chi connectivity index (χ0) is 13.1.